The lowest BCUT2D eigenvalue weighted by atomic mass is 10.0. The zero-order valence-corrected chi connectivity index (χ0v) is 16.8. The molecule has 0 radical (unpaired) electrons. The number of oxazole rings is 1. The largest absolute Gasteiger partial charge is 0.492 e. The minimum Gasteiger partial charge on any atom is -0.492 e. The molecular weight excluding hydrogens is 390 g/mol. The van der Waals surface area contributed by atoms with Gasteiger partial charge in [-0.15, -0.1) is 11.3 Å². The second kappa shape index (κ2) is 8.48. The summed E-state index contributed by atoms with van der Waals surface area (Å²) in [7, 11) is 0. The number of fused-ring (bicyclic) bond motifs is 1. The lowest BCUT2D eigenvalue weighted by Gasteiger charge is -2.17. The highest BCUT2D eigenvalue weighted by Gasteiger charge is 2.16. The van der Waals surface area contributed by atoms with Crippen molar-refractivity contribution in [1.82, 2.24) is 10.3 Å². The van der Waals surface area contributed by atoms with Gasteiger partial charge in [0.05, 0.1) is 23.5 Å². The topological polar surface area (TPSA) is 93.5 Å². The Morgan fingerprint density at radius 1 is 1.34 bits per heavy atom. The van der Waals surface area contributed by atoms with Crippen molar-refractivity contribution >= 4 is 28.8 Å². The molecule has 0 saturated carbocycles. The van der Waals surface area contributed by atoms with Crippen LogP contribution in [0.25, 0.3) is 10.8 Å². The number of aromatic nitrogens is 1. The first-order valence-electron chi connectivity index (χ1n) is 9.41. The first-order valence-corrected chi connectivity index (χ1v) is 10.3. The second-order valence-corrected chi connectivity index (χ2v) is 7.69. The summed E-state index contributed by atoms with van der Waals surface area (Å²) in [6.07, 6.45) is 1.36. The Morgan fingerprint density at radius 2 is 2.24 bits per heavy atom. The van der Waals surface area contributed by atoms with Gasteiger partial charge in [-0.1, -0.05) is 6.07 Å². The molecule has 0 aliphatic carbocycles. The maximum atomic E-state index is 12.2. The molecule has 0 fully saturated rings. The number of nitrogens with one attached hydrogen (secondary N) is 2. The average Bonchev–Trinajstić information content (AvgIpc) is 3.36. The average molecular weight is 411 g/mol. The Bertz CT molecular complexity index is 1030. The monoisotopic (exact) mass is 411 g/mol. The molecule has 0 spiro atoms. The molecule has 3 heterocycles. The van der Waals surface area contributed by atoms with E-state index in [1.54, 1.807) is 11.3 Å². The number of anilines is 1. The minimum absolute atomic E-state index is 0.0405. The molecule has 150 valence electrons. The van der Waals surface area contributed by atoms with E-state index in [1.165, 1.54) is 0 Å². The molecule has 2 N–H and O–H groups in total. The number of hydrogen-bond acceptors (Lipinski definition) is 6. The highest BCUT2D eigenvalue weighted by Crippen LogP contribution is 2.27. The number of thiophene rings is 1. The van der Waals surface area contributed by atoms with Gasteiger partial charge < -0.3 is 19.8 Å². The summed E-state index contributed by atoms with van der Waals surface area (Å²) < 4.78 is 11.4. The van der Waals surface area contributed by atoms with Crippen LogP contribution in [0.4, 0.5) is 5.69 Å². The smallest absolute Gasteiger partial charge is 0.236 e. The van der Waals surface area contributed by atoms with Crippen molar-refractivity contribution in [1.29, 1.82) is 0 Å². The van der Waals surface area contributed by atoms with Crippen molar-refractivity contribution in [3.63, 3.8) is 0 Å². The number of benzene rings is 1. The van der Waals surface area contributed by atoms with Gasteiger partial charge in [-0.05, 0) is 48.6 Å². The molecule has 1 aliphatic rings. The molecule has 1 aliphatic heterocycles. The summed E-state index contributed by atoms with van der Waals surface area (Å²) in [6, 6.07) is 9.47. The van der Waals surface area contributed by atoms with Crippen molar-refractivity contribution in [3.8, 4) is 16.5 Å². The predicted molar refractivity (Wildman–Crippen MR) is 110 cm³/mol. The number of rotatable bonds is 7. The number of aryl methyl sites for hydroxylation is 2. The molecule has 0 atom stereocenters. The van der Waals surface area contributed by atoms with E-state index >= 15 is 0 Å². The summed E-state index contributed by atoms with van der Waals surface area (Å²) in [4.78, 5) is 29.0. The molecule has 29 heavy (non-hydrogen) atoms. The van der Waals surface area contributed by atoms with E-state index in [0.29, 0.717) is 43.3 Å². The van der Waals surface area contributed by atoms with E-state index in [-0.39, 0.29) is 18.2 Å². The van der Waals surface area contributed by atoms with Crippen LogP contribution in [0.15, 0.2) is 40.1 Å². The van der Waals surface area contributed by atoms with Gasteiger partial charge in [0.25, 0.3) is 0 Å². The van der Waals surface area contributed by atoms with Crippen molar-refractivity contribution in [2.75, 3.05) is 18.5 Å². The number of carbonyl (C=O) groups is 2. The van der Waals surface area contributed by atoms with Crippen molar-refractivity contribution in [3.05, 3.63) is 52.7 Å². The third kappa shape index (κ3) is 4.65. The summed E-state index contributed by atoms with van der Waals surface area (Å²) in [5.74, 6) is 1.84. The lowest BCUT2D eigenvalue weighted by molar-refractivity contribution is -0.120. The zero-order chi connectivity index (χ0) is 20.2. The Kier molecular flexibility index (Phi) is 5.62. The summed E-state index contributed by atoms with van der Waals surface area (Å²) in [6.45, 7) is 2.56. The van der Waals surface area contributed by atoms with Gasteiger partial charge in [-0.2, -0.15) is 0 Å². The van der Waals surface area contributed by atoms with Crippen molar-refractivity contribution < 1.29 is 18.7 Å². The van der Waals surface area contributed by atoms with Crippen LogP contribution in [0.3, 0.4) is 0 Å². The number of carbonyl (C=O) groups excluding carboxylic acids is 2. The van der Waals surface area contributed by atoms with Crippen molar-refractivity contribution in [2.45, 2.75) is 26.2 Å². The van der Waals surface area contributed by atoms with Gasteiger partial charge in [0, 0.05) is 12.1 Å². The molecule has 0 bridgehead atoms. The van der Waals surface area contributed by atoms with Crippen LogP contribution in [-0.2, 0) is 22.4 Å². The maximum absolute atomic E-state index is 12.2. The lowest BCUT2D eigenvalue weighted by Crippen LogP contribution is -2.29. The van der Waals surface area contributed by atoms with E-state index in [1.807, 2.05) is 42.6 Å². The Balaban J connectivity index is 1.24. The minimum atomic E-state index is -0.129. The van der Waals surface area contributed by atoms with Crippen LogP contribution in [0, 0.1) is 6.92 Å². The maximum Gasteiger partial charge on any atom is 0.236 e. The molecule has 2 aromatic heterocycles. The molecular formula is C21H21N3O4S. The highest BCUT2D eigenvalue weighted by molar-refractivity contribution is 7.13. The zero-order valence-electron chi connectivity index (χ0n) is 16.0. The Labute approximate surface area is 172 Å². The molecule has 1 aromatic carbocycles. The van der Waals surface area contributed by atoms with Crippen LogP contribution >= 0.6 is 11.3 Å². The third-order valence-electron chi connectivity index (χ3n) is 4.62. The fraction of sp³-hybridized carbons (Fsp3) is 0.286. The molecule has 8 heteroatoms. The van der Waals surface area contributed by atoms with Crippen LogP contribution < -0.4 is 15.4 Å². The fourth-order valence-electron chi connectivity index (χ4n) is 3.12. The van der Waals surface area contributed by atoms with E-state index in [0.717, 1.165) is 21.9 Å². The Hall–Kier alpha value is -3.13. The number of ether oxygens (including phenoxy) is 1. The molecule has 2 amide bonds. The second-order valence-electron chi connectivity index (χ2n) is 6.74. The molecule has 0 unspecified atom stereocenters. The van der Waals surface area contributed by atoms with E-state index in [9.17, 15) is 9.59 Å². The van der Waals surface area contributed by atoms with Gasteiger partial charge in [-0.25, -0.2) is 4.98 Å². The Morgan fingerprint density at radius 3 is 3.07 bits per heavy atom. The van der Waals surface area contributed by atoms with Gasteiger partial charge in [0.2, 0.25) is 17.7 Å². The summed E-state index contributed by atoms with van der Waals surface area (Å²) >= 11 is 1.55. The van der Waals surface area contributed by atoms with Crippen LogP contribution in [0.5, 0.6) is 5.75 Å². The van der Waals surface area contributed by atoms with Crippen LogP contribution in [0.1, 0.15) is 23.4 Å². The molecule has 0 saturated heterocycles. The van der Waals surface area contributed by atoms with E-state index in [4.69, 9.17) is 9.15 Å². The van der Waals surface area contributed by atoms with Crippen molar-refractivity contribution in [2.24, 2.45) is 0 Å². The SMILES string of the molecule is Cc1oc(-c2cccs2)nc1CC(=O)NCCOc1ccc2c(c1)CCC(=O)N2. The summed E-state index contributed by atoms with van der Waals surface area (Å²) in [5.41, 5.74) is 2.55. The normalized spacial score (nSPS) is 12.9. The molecule has 7 nitrogen and oxygen atoms in total. The van der Waals surface area contributed by atoms with E-state index < -0.39 is 0 Å². The number of hydrogen-bond donors (Lipinski definition) is 2. The van der Waals surface area contributed by atoms with Gasteiger partial charge in [0.15, 0.2) is 0 Å². The van der Waals surface area contributed by atoms with Gasteiger partial charge in [0.1, 0.15) is 18.1 Å². The molecule has 4 rings (SSSR count). The highest BCUT2D eigenvalue weighted by atomic mass is 32.1. The number of nitrogens with zero attached hydrogens (tertiary/aromatic N) is 1. The first-order chi connectivity index (χ1) is 14.1. The van der Waals surface area contributed by atoms with Gasteiger partial charge >= 0.3 is 0 Å². The predicted octanol–water partition coefficient (Wildman–Crippen LogP) is 3.33. The molecule has 3 aromatic rings. The first kappa shape index (κ1) is 19.2. The number of amides is 2. The quantitative estimate of drug-likeness (QED) is 0.582. The fourth-order valence-corrected chi connectivity index (χ4v) is 3.77. The summed E-state index contributed by atoms with van der Waals surface area (Å²) in [5, 5.41) is 7.64. The standard InChI is InChI=1S/C21H21N3O4S/c1-13-17(24-21(28-13)18-3-2-10-29-18)12-20(26)22-8-9-27-15-5-6-16-14(11-15)4-7-19(25)23-16/h2-3,5-6,10-11H,4,7-9,12H2,1H3,(H,22,26)(H,23,25). The third-order valence-corrected chi connectivity index (χ3v) is 5.48. The van der Waals surface area contributed by atoms with Crippen LogP contribution in [-0.4, -0.2) is 29.9 Å². The van der Waals surface area contributed by atoms with E-state index in [2.05, 4.69) is 15.6 Å². The van der Waals surface area contributed by atoms with Gasteiger partial charge in [-0.3, -0.25) is 9.59 Å². The van der Waals surface area contributed by atoms with Crippen LogP contribution in [0.2, 0.25) is 0 Å².